The van der Waals surface area contributed by atoms with Crippen LogP contribution in [0.3, 0.4) is 0 Å². The molecule has 1 aromatic carbocycles. The van der Waals surface area contributed by atoms with E-state index in [1.54, 1.807) is 24.3 Å². The van der Waals surface area contributed by atoms with Gasteiger partial charge in [-0.3, -0.25) is 9.63 Å². The van der Waals surface area contributed by atoms with E-state index in [-0.39, 0.29) is 28.4 Å². The Morgan fingerprint density at radius 2 is 2.00 bits per heavy atom. The van der Waals surface area contributed by atoms with Crippen LogP contribution in [0.4, 0.5) is 0 Å². The third-order valence-corrected chi connectivity index (χ3v) is 2.58. The summed E-state index contributed by atoms with van der Waals surface area (Å²) >= 11 is 5.84. The summed E-state index contributed by atoms with van der Waals surface area (Å²) < 4.78 is 10.5. The van der Waals surface area contributed by atoms with Gasteiger partial charge in [0.05, 0.1) is 19.8 Å². The van der Waals surface area contributed by atoms with E-state index >= 15 is 0 Å². The van der Waals surface area contributed by atoms with E-state index in [1.807, 2.05) is 0 Å². The van der Waals surface area contributed by atoms with Crippen LogP contribution in [0, 0.1) is 0 Å². The van der Waals surface area contributed by atoms with E-state index in [4.69, 9.17) is 21.1 Å². The minimum absolute atomic E-state index is 0.0305. The average Bonchev–Trinajstić information content (AvgIpc) is 2.47. The van der Waals surface area contributed by atoms with Gasteiger partial charge < -0.3 is 9.47 Å². The molecule has 0 aliphatic rings. The zero-order chi connectivity index (χ0) is 15.2. The highest BCUT2D eigenvalue weighted by atomic mass is 35.5. The topological polar surface area (TPSA) is 82.6 Å². The predicted octanol–water partition coefficient (Wildman–Crippen LogP) is 2.22. The molecule has 1 aromatic heterocycles. The molecule has 0 saturated carbocycles. The van der Waals surface area contributed by atoms with Gasteiger partial charge in [0.15, 0.2) is 0 Å². The van der Waals surface area contributed by atoms with Crippen LogP contribution in [0.15, 0.2) is 30.3 Å². The highest BCUT2D eigenvalue weighted by molar-refractivity contribution is 6.29. The summed E-state index contributed by atoms with van der Waals surface area (Å²) in [7, 11) is 2.79. The van der Waals surface area contributed by atoms with Crippen LogP contribution in [0.25, 0.3) is 0 Å². The van der Waals surface area contributed by atoms with E-state index in [0.717, 1.165) is 0 Å². The number of para-hydroxylation sites is 1. The molecule has 0 aliphatic carbocycles. The van der Waals surface area contributed by atoms with Crippen LogP contribution >= 0.6 is 11.6 Å². The van der Waals surface area contributed by atoms with Gasteiger partial charge in [-0.2, -0.15) is 9.97 Å². The van der Waals surface area contributed by atoms with Gasteiger partial charge in [0.1, 0.15) is 10.9 Å². The van der Waals surface area contributed by atoms with Crippen molar-refractivity contribution in [2.75, 3.05) is 14.2 Å². The Morgan fingerprint density at radius 1 is 1.24 bits per heavy atom. The number of hydroxylamine groups is 1. The van der Waals surface area contributed by atoms with Crippen molar-refractivity contribution in [3.8, 4) is 17.6 Å². The van der Waals surface area contributed by atoms with Gasteiger partial charge in [-0.1, -0.05) is 23.7 Å². The number of rotatable bonds is 5. The zero-order valence-electron chi connectivity index (χ0n) is 11.3. The summed E-state index contributed by atoms with van der Waals surface area (Å²) in [4.78, 5) is 24.3. The first-order valence-electron chi connectivity index (χ1n) is 5.83. The number of nitrogens with zero attached hydrogens (tertiary/aromatic N) is 2. The van der Waals surface area contributed by atoms with E-state index in [1.165, 1.54) is 20.3 Å². The molecule has 21 heavy (non-hydrogen) atoms. The number of hydrogen-bond acceptors (Lipinski definition) is 6. The standard InChI is InChI=1S/C13H12ClN3O4/c1-19-11-7-10(14)15-13(16-11)21-9-6-4-3-5-8(9)12(18)17-20-2/h3-7H,1-2H3,(H,17,18). The largest absolute Gasteiger partial charge is 0.481 e. The number of benzene rings is 1. The van der Waals surface area contributed by atoms with Crippen LogP contribution in [-0.4, -0.2) is 30.1 Å². The number of halogens is 1. The Balaban J connectivity index is 2.31. The Bertz CT molecular complexity index is 651. The number of ether oxygens (including phenoxy) is 2. The first-order chi connectivity index (χ1) is 10.1. The normalized spacial score (nSPS) is 10.0. The summed E-state index contributed by atoms with van der Waals surface area (Å²) in [6, 6.07) is 7.99. The van der Waals surface area contributed by atoms with Crippen LogP contribution in [0.1, 0.15) is 10.4 Å². The third-order valence-electron chi connectivity index (χ3n) is 2.39. The number of nitrogens with one attached hydrogen (secondary N) is 1. The van der Waals surface area contributed by atoms with Crippen LogP contribution < -0.4 is 15.0 Å². The minimum Gasteiger partial charge on any atom is -0.481 e. The molecule has 0 aliphatic heterocycles. The molecule has 8 heteroatoms. The molecule has 2 rings (SSSR count). The zero-order valence-corrected chi connectivity index (χ0v) is 12.0. The second kappa shape index (κ2) is 6.87. The molecule has 0 atom stereocenters. The van der Waals surface area contributed by atoms with Crippen molar-refractivity contribution >= 4 is 17.5 Å². The summed E-state index contributed by atoms with van der Waals surface area (Å²) in [6.45, 7) is 0. The second-order valence-electron chi connectivity index (χ2n) is 3.75. The van der Waals surface area contributed by atoms with Gasteiger partial charge in [-0.25, -0.2) is 5.48 Å². The Kier molecular flexibility index (Phi) is 4.91. The number of carbonyl (C=O) groups is 1. The van der Waals surface area contributed by atoms with Gasteiger partial charge in [0.25, 0.3) is 5.91 Å². The molecule has 0 radical (unpaired) electrons. The number of hydrogen-bond donors (Lipinski definition) is 1. The molecule has 1 amide bonds. The van der Waals surface area contributed by atoms with Crippen molar-refractivity contribution in [3.05, 3.63) is 41.0 Å². The average molecular weight is 310 g/mol. The van der Waals surface area contributed by atoms with Crippen molar-refractivity contribution in [2.24, 2.45) is 0 Å². The first kappa shape index (κ1) is 15.0. The van der Waals surface area contributed by atoms with E-state index in [2.05, 4.69) is 20.3 Å². The van der Waals surface area contributed by atoms with Crippen LogP contribution in [0.5, 0.6) is 17.6 Å². The van der Waals surface area contributed by atoms with E-state index < -0.39 is 5.91 Å². The maximum Gasteiger partial charge on any atom is 0.326 e. The van der Waals surface area contributed by atoms with Gasteiger partial charge in [0.2, 0.25) is 5.88 Å². The highest BCUT2D eigenvalue weighted by Crippen LogP contribution is 2.25. The van der Waals surface area contributed by atoms with Crippen LogP contribution in [0.2, 0.25) is 5.15 Å². The monoisotopic (exact) mass is 309 g/mol. The molecule has 0 bridgehead atoms. The van der Waals surface area contributed by atoms with Crippen molar-refractivity contribution in [2.45, 2.75) is 0 Å². The maximum absolute atomic E-state index is 11.8. The Hall–Kier alpha value is -2.38. The summed E-state index contributed by atoms with van der Waals surface area (Å²) in [5.74, 6) is 0.0577. The third kappa shape index (κ3) is 3.80. The Labute approximate surface area is 125 Å². The second-order valence-corrected chi connectivity index (χ2v) is 4.14. The SMILES string of the molecule is CONC(=O)c1ccccc1Oc1nc(Cl)cc(OC)n1. The number of aromatic nitrogens is 2. The van der Waals surface area contributed by atoms with Gasteiger partial charge >= 0.3 is 6.01 Å². The fourth-order valence-electron chi connectivity index (χ4n) is 1.52. The molecule has 1 N–H and O–H groups in total. The lowest BCUT2D eigenvalue weighted by Crippen LogP contribution is -2.22. The first-order valence-corrected chi connectivity index (χ1v) is 6.20. The minimum atomic E-state index is -0.456. The molecule has 2 aromatic rings. The predicted molar refractivity (Wildman–Crippen MR) is 74.6 cm³/mol. The molecular formula is C13H12ClN3O4. The summed E-state index contributed by atoms with van der Waals surface area (Å²) in [6.07, 6.45) is 0. The number of methoxy groups -OCH3 is 1. The lowest BCUT2D eigenvalue weighted by molar-refractivity contribution is 0.0535. The van der Waals surface area contributed by atoms with Crippen molar-refractivity contribution in [1.29, 1.82) is 0 Å². The molecule has 0 unspecified atom stereocenters. The number of amides is 1. The molecule has 1 heterocycles. The van der Waals surface area contributed by atoms with Crippen LogP contribution in [-0.2, 0) is 4.84 Å². The quantitative estimate of drug-likeness (QED) is 0.673. The number of carbonyl (C=O) groups excluding carboxylic acids is 1. The highest BCUT2D eigenvalue weighted by Gasteiger charge is 2.14. The molecule has 110 valence electrons. The fourth-order valence-corrected chi connectivity index (χ4v) is 1.68. The van der Waals surface area contributed by atoms with E-state index in [0.29, 0.717) is 0 Å². The smallest absolute Gasteiger partial charge is 0.326 e. The van der Waals surface area contributed by atoms with E-state index in [9.17, 15) is 4.79 Å². The molecule has 0 saturated heterocycles. The molecule has 7 nitrogen and oxygen atoms in total. The summed E-state index contributed by atoms with van der Waals surface area (Å²) in [5.41, 5.74) is 2.48. The Morgan fingerprint density at radius 3 is 2.71 bits per heavy atom. The summed E-state index contributed by atoms with van der Waals surface area (Å²) in [5, 5.41) is 0.163. The molecular weight excluding hydrogens is 298 g/mol. The van der Waals surface area contributed by atoms with Gasteiger partial charge in [0, 0.05) is 6.07 Å². The molecule has 0 fully saturated rings. The lowest BCUT2D eigenvalue weighted by atomic mass is 10.2. The fraction of sp³-hybridized carbons (Fsp3) is 0.154. The lowest BCUT2D eigenvalue weighted by Gasteiger charge is -2.10. The van der Waals surface area contributed by atoms with Crippen molar-refractivity contribution < 1.29 is 19.1 Å². The van der Waals surface area contributed by atoms with Gasteiger partial charge in [-0.05, 0) is 12.1 Å². The van der Waals surface area contributed by atoms with Gasteiger partial charge in [-0.15, -0.1) is 0 Å². The van der Waals surface area contributed by atoms with Crippen molar-refractivity contribution in [1.82, 2.24) is 15.4 Å². The molecule has 0 spiro atoms. The maximum atomic E-state index is 11.8. The van der Waals surface area contributed by atoms with Crippen molar-refractivity contribution in [3.63, 3.8) is 0 Å².